The van der Waals surface area contributed by atoms with Crippen molar-refractivity contribution >= 4 is 59.6 Å². The molecule has 310 valence electrons. The van der Waals surface area contributed by atoms with Crippen molar-refractivity contribution in [1.29, 1.82) is 0 Å². The van der Waals surface area contributed by atoms with Gasteiger partial charge in [0, 0.05) is 51.6 Å². The van der Waals surface area contributed by atoms with Crippen LogP contribution in [0, 0.1) is 11.8 Å². The first kappa shape index (κ1) is 45.1. The molecule has 0 aromatic heterocycles. The lowest BCUT2D eigenvalue weighted by molar-refractivity contribution is -0.167. The van der Waals surface area contributed by atoms with Crippen molar-refractivity contribution in [2.75, 3.05) is 33.2 Å². The second-order valence-corrected chi connectivity index (χ2v) is 17.5. The minimum absolute atomic E-state index is 0.112. The lowest BCUT2D eigenvalue weighted by Crippen LogP contribution is -2.63. The number of esters is 1. The van der Waals surface area contributed by atoms with Crippen LogP contribution < -0.4 is 15.0 Å². The fraction of sp³-hybridized carbons (Fsp3) is 0.625. The minimum atomic E-state index is -1.90. The van der Waals surface area contributed by atoms with E-state index >= 15 is 4.79 Å². The number of nitrogens with one attached hydrogen (secondary N) is 1. The summed E-state index contributed by atoms with van der Waals surface area (Å²) < 4.78 is 28.9. The molecule has 0 saturated carbocycles. The van der Waals surface area contributed by atoms with Gasteiger partial charge in [0.15, 0.2) is 11.8 Å². The first-order valence-electron chi connectivity index (χ1n) is 18.6. The molecule has 0 spiro atoms. The van der Waals surface area contributed by atoms with Crippen LogP contribution in [-0.2, 0) is 44.5 Å². The number of carbonyl (C=O) groups is 5. The van der Waals surface area contributed by atoms with Gasteiger partial charge in [-0.2, -0.15) is 12.6 Å². The van der Waals surface area contributed by atoms with Crippen LogP contribution in [0.4, 0.5) is 10.5 Å². The summed E-state index contributed by atoms with van der Waals surface area (Å²) in [7, 11) is 5.77. The summed E-state index contributed by atoms with van der Waals surface area (Å²) in [5.74, 6) is -4.59. The van der Waals surface area contributed by atoms with Gasteiger partial charge in [0.05, 0.1) is 18.9 Å². The number of nitrogens with zero attached hydrogens (tertiary/aromatic N) is 2. The molecule has 2 N–H and O–H groups in total. The molecule has 14 nitrogen and oxygen atoms in total. The van der Waals surface area contributed by atoms with Crippen LogP contribution in [0.3, 0.4) is 0 Å². The van der Waals surface area contributed by atoms with Crippen LogP contribution >= 0.6 is 24.2 Å². The quantitative estimate of drug-likeness (QED) is 0.135. The number of Topliss-reactive ketones (excluding diaryl/α,β-unsaturated/α-hetero) is 1. The molecule has 0 aliphatic carbocycles. The van der Waals surface area contributed by atoms with E-state index in [2.05, 4.69) is 17.9 Å². The summed E-state index contributed by atoms with van der Waals surface area (Å²) in [4.78, 5) is 71.2. The maximum atomic E-state index is 15.0. The molecule has 3 heterocycles. The number of amides is 3. The number of epoxide rings is 1. The maximum absolute atomic E-state index is 15.0. The molecule has 2 fully saturated rings. The predicted molar refractivity (Wildman–Crippen MR) is 213 cm³/mol. The van der Waals surface area contributed by atoms with Gasteiger partial charge in [-0.05, 0) is 51.3 Å². The van der Waals surface area contributed by atoms with Crippen LogP contribution in [0.25, 0.3) is 0 Å². The fourth-order valence-electron chi connectivity index (χ4n) is 7.30. The SMILES string of the molecule is COc1cc2cc(c1Cl)N(C)C(=O)C(C(=O)CCC(C)(C)S)[C@H](OC(=O)[C@H](C)N(C)C(C)=O)[C@]1(C)O[C@H]1[C@H](C)[C@@H]1C[C@@](O)(NC(=O)O1)C(OC)/C=C/C=C(\C)C2. The maximum Gasteiger partial charge on any atom is 0.409 e. The lowest BCUT2D eigenvalue weighted by atomic mass is 9.79. The molecular weight excluding hydrogens is 766 g/mol. The van der Waals surface area contributed by atoms with Crippen molar-refractivity contribution in [3.63, 3.8) is 0 Å². The standard InChI is InChI=1S/C40H56ClN3O11S/c1-21-13-12-14-30(52-11)40(50)20-29(53-37(49)42-40)22(2)33-39(7,55-33)34(54-36(48)23(3)43(8)24(4)45)31(27(46)15-16-38(5,6)56)35(47)44(9)26-18-25(17-21)19-28(51-10)32(26)41/h12-14,18-19,22-23,29-31,33-34,50,56H,15-17,20H2,1-11H3,(H,42,49)/b14-12+,21-13+/t22-,23+,29+,30?,31?,33+,34+,39-,40+/m1/s1. The Morgan fingerprint density at radius 2 is 1.89 bits per heavy atom. The normalized spacial score (nSPS) is 31.8. The number of alkyl carbamates (subject to hydrolysis) is 1. The highest BCUT2D eigenvalue weighted by Gasteiger charge is 2.67. The van der Waals surface area contributed by atoms with Crippen molar-refractivity contribution in [1.82, 2.24) is 10.2 Å². The number of carbonyl (C=O) groups excluding carboxylic acids is 5. The molecule has 1 aromatic rings. The number of hydrogen-bond donors (Lipinski definition) is 3. The van der Waals surface area contributed by atoms with Gasteiger partial charge in [0.1, 0.15) is 46.3 Å². The zero-order valence-corrected chi connectivity index (χ0v) is 35.7. The molecule has 4 rings (SSSR count). The van der Waals surface area contributed by atoms with E-state index in [-0.39, 0.29) is 35.7 Å². The van der Waals surface area contributed by atoms with E-state index in [1.165, 1.54) is 52.0 Å². The van der Waals surface area contributed by atoms with E-state index in [4.69, 9.17) is 35.3 Å². The van der Waals surface area contributed by atoms with Gasteiger partial charge in [-0.1, -0.05) is 56.2 Å². The Kier molecular flexibility index (Phi) is 14.1. The number of likely N-dealkylation sites (N-methyl/N-ethyl adjacent to an activating group) is 1. The largest absolute Gasteiger partial charge is 0.495 e. The number of ether oxygens (including phenoxy) is 5. The van der Waals surface area contributed by atoms with Crippen LogP contribution in [0.1, 0.15) is 73.3 Å². The predicted octanol–water partition coefficient (Wildman–Crippen LogP) is 4.82. The second kappa shape index (κ2) is 17.5. The number of thiol groups is 1. The molecule has 4 bridgehead atoms. The van der Waals surface area contributed by atoms with Crippen molar-refractivity contribution < 1.29 is 52.8 Å². The van der Waals surface area contributed by atoms with E-state index in [1.807, 2.05) is 26.8 Å². The monoisotopic (exact) mass is 821 g/mol. The smallest absolute Gasteiger partial charge is 0.409 e. The highest BCUT2D eigenvalue weighted by molar-refractivity contribution is 7.81. The van der Waals surface area contributed by atoms with Crippen molar-refractivity contribution in [3.8, 4) is 5.75 Å². The van der Waals surface area contributed by atoms with Crippen LogP contribution in [0.5, 0.6) is 5.75 Å². The van der Waals surface area contributed by atoms with E-state index < -0.39 is 88.0 Å². The molecule has 3 amide bonds. The Morgan fingerprint density at radius 1 is 1.23 bits per heavy atom. The number of fused-ring (bicyclic) bond motifs is 5. The number of aliphatic hydroxyl groups is 1. The van der Waals surface area contributed by atoms with Gasteiger partial charge < -0.3 is 38.6 Å². The van der Waals surface area contributed by atoms with Crippen LogP contribution in [-0.4, -0.2) is 115 Å². The number of methoxy groups -OCH3 is 2. The number of rotatable bonds is 9. The molecule has 16 heteroatoms. The first-order valence-corrected chi connectivity index (χ1v) is 19.4. The molecule has 56 heavy (non-hydrogen) atoms. The summed E-state index contributed by atoms with van der Waals surface area (Å²) in [5, 5.41) is 14.5. The fourth-order valence-corrected chi connectivity index (χ4v) is 7.73. The third kappa shape index (κ3) is 9.90. The number of halogens is 1. The van der Waals surface area contributed by atoms with E-state index in [0.29, 0.717) is 6.42 Å². The average molecular weight is 822 g/mol. The van der Waals surface area contributed by atoms with Gasteiger partial charge in [-0.15, -0.1) is 0 Å². The Hall–Kier alpha value is -3.63. The highest BCUT2D eigenvalue weighted by Crippen LogP contribution is 2.51. The first-order chi connectivity index (χ1) is 26.0. The van der Waals surface area contributed by atoms with Crippen molar-refractivity contribution in [3.05, 3.63) is 46.5 Å². The molecule has 2 saturated heterocycles. The van der Waals surface area contributed by atoms with Crippen LogP contribution in [0.15, 0.2) is 35.9 Å². The number of allylic oxidation sites excluding steroid dienone is 3. The molecule has 3 aliphatic heterocycles. The molecule has 3 aliphatic rings. The summed E-state index contributed by atoms with van der Waals surface area (Å²) in [6.07, 6.45) is 0.350. The molecular formula is C40H56ClN3O11S. The molecule has 9 atom stereocenters. The third-order valence-corrected chi connectivity index (χ3v) is 11.6. The summed E-state index contributed by atoms with van der Waals surface area (Å²) in [5.41, 5.74) is -1.56. The van der Waals surface area contributed by atoms with Crippen LogP contribution in [0.2, 0.25) is 5.02 Å². The summed E-state index contributed by atoms with van der Waals surface area (Å²) >= 11 is 11.5. The Morgan fingerprint density at radius 3 is 2.48 bits per heavy atom. The minimum Gasteiger partial charge on any atom is -0.495 e. The number of ketones is 1. The van der Waals surface area contributed by atoms with E-state index in [1.54, 1.807) is 38.1 Å². The van der Waals surface area contributed by atoms with Gasteiger partial charge in [-0.25, -0.2) is 9.59 Å². The highest BCUT2D eigenvalue weighted by atomic mass is 35.5. The summed E-state index contributed by atoms with van der Waals surface area (Å²) in [6, 6.07) is 2.36. The second-order valence-electron chi connectivity index (χ2n) is 16.0. The lowest BCUT2D eigenvalue weighted by Gasteiger charge is -2.42. The van der Waals surface area contributed by atoms with Crippen molar-refractivity contribution in [2.45, 2.75) is 121 Å². The van der Waals surface area contributed by atoms with Gasteiger partial charge in [0.25, 0.3) is 0 Å². The Labute approximate surface area is 339 Å². The Balaban J connectivity index is 1.96. The molecule has 2 unspecified atom stereocenters. The van der Waals surface area contributed by atoms with E-state index in [9.17, 15) is 24.3 Å². The number of benzene rings is 1. The van der Waals surface area contributed by atoms with Gasteiger partial charge in [-0.3, -0.25) is 19.7 Å². The number of anilines is 1. The third-order valence-electron chi connectivity index (χ3n) is 11.0. The number of hydrogen-bond acceptors (Lipinski definition) is 12. The zero-order valence-electron chi connectivity index (χ0n) is 34.0. The van der Waals surface area contributed by atoms with E-state index in [0.717, 1.165) is 11.1 Å². The topological polar surface area (TPSA) is 174 Å². The molecule has 0 radical (unpaired) electrons. The Bertz CT molecular complexity index is 1760. The van der Waals surface area contributed by atoms with Gasteiger partial charge in [0.2, 0.25) is 11.8 Å². The molecule has 1 aromatic carbocycles. The van der Waals surface area contributed by atoms with Crippen molar-refractivity contribution in [2.24, 2.45) is 11.8 Å². The zero-order chi connectivity index (χ0) is 42.1. The van der Waals surface area contributed by atoms with Gasteiger partial charge >= 0.3 is 12.1 Å². The average Bonchev–Trinajstić information content (AvgIpc) is 3.81. The summed E-state index contributed by atoms with van der Waals surface area (Å²) in [6.45, 7) is 11.7.